The van der Waals surface area contributed by atoms with Crippen molar-refractivity contribution in [2.45, 2.75) is 59.0 Å². The summed E-state index contributed by atoms with van der Waals surface area (Å²) in [6.45, 7) is 7.95. The fourth-order valence-corrected chi connectivity index (χ4v) is 2.04. The van der Waals surface area contributed by atoms with Crippen molar-refractivity contribution in [3.05, 3.63) is 0 Å². The molecule has 0 spiro atoms. The molecule has 0 aromatic heterocycles. The highest BCUT2D eigenvalue weighted by atomic mass is 16.6. The van der Waals surface area contributed by atoms with Crippen LogP contribution in [-0.4, -0.2) is 11.6 Å². The maximum atomic E-state index is 11.8. The molecule has 2 atom stereocenters. The van der Waals surface area contributed by atoms with Crippen LogP contribution < -0.4 is 0 Å². The van der Waals surface area contributed by atoms with Gasteiger partial charge in [-0.3, -0.25) is 4.79 Å². The molecule has 0 radical (unpaired) electrons. The van der Waals surface area contributed by atoms with Gasteiger partial charge >= 0.3 is 5.97 Å². The first-order valence-electron chi connectivity index (χ1n) is 5.63. The van der Waals surface area contributed by atoms with Crippen molar-refractivity contribution in [3.63, 3.8) is 0 Å². The Morgan fingerprint density at radius 2 is 1.79 bits per heavy atom. The van der Waals surface area contributed by atoms with E-state index in [9.17, 15) is 4.79 Å². The lowest BCUT2D eigenvalue weighted by atomic mass is 9.80. The monoisotopic (exact) mass is 198 g/mol. The van der Waals surface area contributed by atoms with E-state index in [1.54, 1.807) is 0 Å². The van der Waals surface area contributed by atoms with E-state index in [-0.39, 0.29) is 17.5 Å². The van der Waals surface area contributed by atoms with E-state index in [0.717, 1.165) is 6.42 Å². The Labute approximate surface area is 87.0 Å². The second-order valence-corrected chi connectivity index (χ2v) is 5.40. The number of esters is 1. The predicted octanol–water partition coefficient (Wildman–Crippen LogP) is 3.15. The van der Waals surface area contributed by atoms with Crippen LogP contribution in [0.1, 0.15) is 53.4 Å². The van der Waals surface area contributed by atoms with Gasteiger partial charge in [0.05, 0.1) is 5.92 Å². The molecule has 0 saturated heterocycles. The van der Waals surface area contributed by atoms with Crippen molar-refractivity contribution in [1.29, 1.82) is 0 Å². The zero-order chi connectivity index (χ0) is 10.8. The van der Waals surface area contributed by atoms with Gasteiger partial charge in [-0.05, 0) is 39.5 Å². The minimum Gasteiger partial charge on any atom is -0.460 e. The summed E-state index contributed by atoms with van der Waals surface area (Å²) >= 11 is 0. The van der Waals surface area contributed by atoms with Crippen molar-refractivity contribution >= 4 is 5.97 Å². The standard InChI is InChI=1S/C12H22O2/c1-9-7-5-6-8-10(9)11(13)14-12(2,3)4/h9-10H,5-8H2,1-4H3/t9-,10+/m0/s1. The average molecular weight is 198 g/mol. The van der Waals surface area contributed by atoms with Gasteiger partial charge in [-0.25, -0.2) is 0 Å². The molecular weight excluding hydrogens is 176 g/mol. The lowest BCUT2D eigenvalue weighted by Crippen LogP contribution is -2.33. The van der Waals surface area contributed by atoms with Crippen LogP contribution in [0.5, 0.6) is 0 Å². The third-order valence-electron chi connectivity index (χ3n) is 2.82. The summed E-state index contributed by atoms with van der Waals surface area (Å²) in [4.78, 5) is 11.8. The van der Waals surface area contributed by atoms with E-state index in [4.69, 9.17) is 4.74 Å². The molecular formula is C12H22O2. The van der Waals surface area contributed by atoms with Gasteiger partial charge in [-0.1, -0.05) is 19.8 Å². The summed E-state index contributed by atoms with van der Waals surface area (Å²) in [6.07, 6.45) is 4.62. The Balaban J connectivity index is 2.50. The zero-order valence-electron chi connectivity index (χ0n) is 9.80. The first-order valence-corrected chi connectivity index (χ1v) is 5.63. The van der Waals surface area contributed by atoms with Crippen LogP contribution in [-0.2, 0) is 9.53 Å². The zero-order valence-corrected chi connectivity index (χ0v) is 9.80. The highest BCUT2D eigenvalue weighted by Crippen LogP contribution is 2.31. The predicted molar refractivity (Wildman–Crippen MR) is 57.0 cm³/mol. The molecule has 1 aliphatic rings. The molecule has 1 fully saturated rings. The Hall–Kier alpha value is -0.530. The maximum Gasteiger partial charge on any atom is 0.309 e. The first kappa shape index (κ1) is 11.5. The molecule has 0 heterocycles. The fraction of sp³-hybridized carbons (Fsp3) is 0.917. The van der Waals surface area contributed by atoms with E-state index < -0.39 is 0 Å². The highest BCUT2D eigenvalue weighted by molar-refractivity contribution is 5.73. The van der Waals surface area contributed by atoms with Crippen LogP contribution in [0.3, 0.4) is 0 Å². The molecule has 82 valence electrons. The van der Waals surface area contributed by atoms with Crippen LogP contribution in [0.15, 0.2) is 0 Å². The van der Waals surface area contributed by atoms with E-state index in [1.807, 2.05) is 20.8 Å². The van der Waals surface area contributed by atoms with Gasteiger partial charge in [0.1, 0.15) is 5.60 Å². The summed E-state index contributed by atoms with van der Waals surface area (Å²) in [7, 11) is 0. The summed E-state index contributed by atoms with van der Waals surface area (Å²) in [5.41, 5.74) is -0.339. The topological polar surface area (TPSA) is 26.3 Å². The lowest BCUT2D eigenvalue weighted by Gasteiger charge is -2.30. The fourth-order valence-electron chi connectivity index (χ4n) is 2.04. The minimum atomic E-state index is -0.339. The summed E-state index contributed by atoms with van der Waals surface area (Å²) in [5, 5.41) is 0. The van der Waals surface area contributed by atoms with E-state index >= 15 is 0 Å². The summed E-state index contributed by atoms with van der Waals surface area (Å²) < 4.78 is 5.41. The third kappa shape index (κ3) is 3.32. The van der Waals surface area contributed by atoms with E-state index in [0.29, 0.717) is 5.92 Å². The first-order chi connectivity index (χ1) is 6.40. The van der Waals surface area contributed by atoms with Gasteiger partial charge in [0.2, 0.25) is 0 Å². The number of ether oxygens (including phenoxy) is 1. The molecule has 0 aromatic carbocycles. The number of hydrogen-bond acceptors (Lipinski definition) is 2. The SMILES string of the molecule is C[C@H]1CCCC[C@H]1C(=O)OC(C)(C)C. The second kappa shape index (κ2) is 4.33. The molecule has 0 unspecified atom stereocenters. The molecule has 0 amide bonds. The molecule has 2 heteroatoms. The quantitative estimate of drug-likeness (QED) is 0.605. The largest absolute Gasteiger partial charge is 0.460 e. The normalized spacial score (nSPS) is 28.6. The van der Waals surface area contributed by atoms with Gasteiger partial charge in [-0.15, -0.1) is 0 Å². The molecule has 2 nitrogen and oxygen atoms in total. The second-order valence-electron chi connectivity index (χ2n) is 5.40. The van der Waals surface area contributed by atoms with Crippen LogP contribution in [0.25, 0.3) is 0 Å². The molecule has 1 aliphatic carbocycles. The van der Waals surface area contributed by atoms with Gasteiger partial charge in [0.25, 0.3) is 0 Å². The summed E-state index contributed by atoms with van der Waals surface area (Å²) in [5.74, 6) is 0.645. The van der Waals surface area contributed by atoms with Gasteiger partial charge in [0.15, 0.2) is 0 Å². The molecule has 0 aromatic rings. The lowest BCUT2D eigenvalue weighted by molar-refractivity contribution is -0.163. The number of carbonyl (C=O) groups is 1. The Morgan fingerprint density at radius 1 is 1.21 bits per heavy atom. The van der Waals surface area contributed by atoms with E-state index in [2.05, 4.69) is 6.92 Å². The molecule has 14 heavy (non-hydrogen) atoms. The van der Waals surface area contributed by atoms with Crippen molar-refractivity contribution in [2.75, 3.05) is 0 Å². The van der Waals surface area contributed by atoms with E-state index in [1.165, 1.54) is 19.3 Å². The highest BCUT2D eigenvalue weighted by Gasteiger charge is 2.31. The number of hydrogen-bond donors (Lipinski definition) is 0. The van der Waals surface area contributed by atoms with Crippen molar-refractivity contribution in [3.8, 4) is 0 Å². The average Bonchev–Trinajstić information content (AvgIpc) is 2.01. The van der Waals surface area contributed by atoms with Gasteiger partial charge in [-0.2, -0.15) is 0 Å². The molecule has 0 aliphatic heterocycles. The number of carbonyl (C=O) groups excluding carboxylic acids is 1. The smallest absolute Gasteiger partial charge is 0.309 e. The molecule has 1 saturated carbocycles. The van der Waals surface area contributed by atoms with Crippen molar-refractivity contribution in [1.82, 2.24) is 0 Å². The Morgan fingerprint density at radius 3 is 2.29 bits per heavy atom. The Bertz CT molecular complexity index is 203. The van der Waals surface area contributed by atoms with Crippen LogP contribution >= 0.6 is 0 Å². The van der Waals surface area contributed by atoms with Crippen molar-refractivity contribution < 1.29 is 9.53 Å². The summed E-state index contributed by atoms with van der Waals surface area (Å²) in [6, 6.07) is 0. The maximum absolute atomic E-state index is 11.8. The molecule has 1 rings (SSSR count). The van der Waals surface area contributed by atoms with Crippen LogP contribution in [0.2, 0.25) is 0 Å². The third-order valence-corrected chi connectivity index (χ3v) is 2.82. The molecule has 0 N–H and O–H groups in total. The van der Waals surface area contributed by atoms with Crippen LogP contribution in [0.4, 0.5) is 0 Å². The van der Waals surface area contributed by atoms with Crippen molar-refractivity contribution in [2.24, 2.45) is 11.8 Å². The van der Waals surface area contributed by atoms with Gasteiger partial charge < -0.3 is 4.74 Å². The minimum absolute atomic E-state index is 0.00435. The van der Waals surface area contributed by atoms with Gasteiger partial charge in [0, 0.05) is 0 Å². The molecule has 0 bridgehead atoms. The number of rotatable bonds is 1. The Kier molecular flexibility index (Phi) is 3.57. The van der Waals surface area contributed by atoms with Crippen LogP contribution in [0, 0.1) is 11.8 Å².